The zero-order chi connectivity index (χ0) is 11.0. The molecule has 3 nitrogen and oxygen atoms in total. The van der Waals surface area contributed by atoms with Crippen LogP contribution in [0.4, 0.5) is 11.4 Å². The van der Waals surface area contributed by atoms with Crippen molar-refractivity contribution < 1.29 is 4.52 Å². The monoisotopic (exact) mass is 232 g/mol. The van der Waals surface area contributed by atoms with Crippen LogP contribution in [-0.4, -0.2) is 6.61 Å². The van der Waals surface area contributed by atoms with Crippen molar-refractivity contribution in [2.24, 2.45) is 4.74 Å². The Hall–Kier alpha value is -1.31. The standard InChI is InChI=1S/C12H13N2OP/c1-2-15-16-13-10-7-3-5-9-6-4-8-11(14-16)12(9)10/h3-8,16H,2H2,1H3,(H,13,14). The van der Waals surface area contributed by atoms with Crippen molar-refractivity contribution in [2.45, 2.75) is 6.92 Å². The minimum absolute atomic E-state index is 0.697. The van der Waals surface area contributed by atoms with Gasteiger partial charge in [0.05, 0.1) is 12.3 Å². The first-order valence-electron chi connectivity index (χ1n) is 5.39. The molecule has 1 aliphatic heterocycles. The Morgan fingerprint density at radius 1 is 1.25 bits per heavy atom. The molecule has 0 aromatic heterocycles. The van der Waals surface area contributed by atoms with E-state index in [1.54, 1.807) is 0 Å². The van der Waals surface area contributed by atoms with Crippen molar-refractivity contribution in [3.63, 3.8) is 0 Å². The minimum Gasteiger partial charge on any atom is -0.333 e. The summed E-state index contributed by atoms with van der Waals surface area (Å²) in [5.41, 5.74) is 2.19. The average Bonchev–Trinajstić information content (AvgIpc) is 2.30. The molecule has 0 radical (unpaired) electrons. The highest BCUT2D eigenvalue weighted by molar-refractivity contribution is 7.44. The van der Waals surface area contributed by atoms with E-state index in [2.05, 4.69) is 40.2 Å². The van der Waals surface area contributed by atoms with Crippen LogP contribution in [0.5, 0.6) is 0 Å². The normalized spacial score (nSPS) is 17.9. The number of hydrogen-bond donors (Lipinski definition) is 1. The number of hydrogen-bond acceptors (Lipinski definition) is 3. The number of benzene rings is 2. The molecule has 1 heterocycles. The lowest BCUT2D eigenvalue weighted by Gasteiger charge is -2.19. The van der Waals surface area contributed by atoms with Gasteiger partial charge in [-0.25, -0.2) is 4.74 Å². The van der Waals surface area contributed by atoms with E-state index in [9.17, 15) is 0 Å². The molecule has 16 heavy (non-hydrogen) atoms. The van der Waals surface area contributed by atoms with Crippen LogP contribution in [0.3, 0.4) is 0 Å². The molecule has 2 aromatic rings. The van der Waals surface area contributed by atoms with Gasteiger partial charge < -0.3 is 9.61 Å². The van der Waals surface area contributed by atoms with Gasteiger partial charge >= 0.3 is 0 Å². The van der Waals surface area contributed by atoms with Crippen molar-refractivity contribution in [3.05, 3.63) is 36.4 Å². The molecule has 0 saturated heterocycles. The van der Waals surface area contributed by atoms with Crippen molar-refractivity contribution in [1.82, 2.24) is 0 Å². The summed E-state index contributed by atoms with van der Waals surface area (Å²) in [5, 5.41) is 5.81. The molecule has 4 heteroatoms. The molecule has 0 saturated carbocycles. The summed E-state index contributed by atoms with van der Waals surface area (Å²) in [5.74, 6) is 0. The quantitative estimate of drug-likeness (QED) is 0.788. The van der Waals surface area contributed by atoms with Crippen LogP contribution in [0, 0.1) is 0 Å². The van der Waals surface area contributed by atoms with E-state index in [4.69, 9.17) is 4.52 Å². The number of rotatable bonds is 2. The maximum Gasteiger partial charge on any atom is 0.168 e. The third-order valence-corrected chi connectivity index (χ3v) is 4.12. The average molecular weight is 232 g/mol. The summed E-state index contributed by atoms with van der Waals surface area (Å²) in [4.78, 5) is 0. The minimum atomic E-state index is -1.28. The van der Waals surface area contributed by atoms with E-state index in [1.165, 1.54) is 10.8 Å². The van der Waals surface area contributed by atoms with Crippen LogP contribution in [0.25, 0.3) is 10.8 Å². The summed E-state index contributed by atoms with van der Waals surface area (Å²) in [7, 11) is -1.28. The molecule has 1 atom stereocenters. The molecule has 82 valence electrons. The third kappa shape index (κ3) is 1.53. The van der Waals surface area contributed by atoms with Crippen LogP contribution in [0.2, 0.25) is 0 Å². The van der Waals surface area contributed by atoms with Crippen LogP contribution < -0.4 is 5.09 Å². The molecule has 0 spiro atoms. The maximum atomic E-state index is 5.59. The van der Waals surface area contributed by atoms with Gasteiger partial charge in [-0.15, -0.1) is 0 Å². The second-order valence-corrected chi connectivity index (χ2v) is 5.03. The summed E-state index contributed by atoms with van der Waals surface area (Å²) in [6.45, 7) is 2.69. The Balaban J connectivity index is 2.23. The van der Waals surface area contributed by atoms with E-state index in [0.717, 1.165) is 11.4 Å². The van der Waals surface area contributed by atoms with Gasteiger partial charge in [0.1, 0.15) is 0 Å². The summed E-state index contributed by atoms with van der Waals surface area (Å²) in [6, 6.07) is 12.5. The van der Waals surface area contributed by atoms with Gasteiger partial charge in [0.15, 0.2) is 8.09 Å². The molecule has 0 amide bonds. The fraction of sp³-hybridized carbons (Fsp3) is 0.167. The smallest absolute Gasteiger partial charge is 0.168 e. The van der Waals surface area contributed by atoms with Crippen LogP contribution in [0.15, 0.2) is 41.1 Å². The molecule has 0 bridgehead atoms. The summed E-state index contributed by atoms with van der Waals surface area (Å²) in [6.07, 6.45) is 0. The van der Waals surface area contributed by atoms with Gasteiger partial charge in [-0.3, -0.25) is 0 Å². The van der Waals surface area contributed by atoms with Gasteiger partial charge in [-0.05, 0) is 24.4 Å². The number of anilines is 1. The van der Waals surface area contributed by atoms with Crippen LogP contribution >= 0.6 is 8.09 Å². The highest BCUT2D eigenvalue weighted by atomic mass is 31.1. The summed E-state index contributed by atoms with van der Waals surface area (Å²) >= 11 is 0. The van der Waals surface area contributed by atoms with E-state index >= 15 is 0 Å². The highest BCUT2D eigenvalue weighted by Crippen LogP contribution is 2.45. The lowest BCUT2D eigenvalue weighted by Crippen LogP contribution is -1.95. The zero-order valence-electron chi connectivity index (χ0n) is 9.03. The first-order valence-corrected chi connectivity index (χ1v) is 6.74. The Kier molecular flexibility index (Phi) is 2.43. The predicted molar refractivity (Wildman–Crippen MR) is 69.6 cm³/mol. The third-order valence-electron chi connectivity index (χ3n) is 2.63. The van der Waals surface area contributed by atoms with E-state index in [1.807, 2.05) is 13.0 Å². The topological polar surface area (TPSA) is 33.6 Å². The second kappa shape index (κ2) is 3.93. The van der Waals surface area contributed by atoms with Crippen molar-refractivity contribution in [1.29, 1.82) is 0 Å². The molecular weight excluding hydrogens is 219 g/mol. The van der Waals surface area contributed by atoms with Crippen LogP contribution in [-0.2, 0) is 4.52 Å². The summed E-state index contributed by atoms with van der Waals surface area (Å²) < 4.78 is 10.2. The van der Waals surface area contributed by atoms with Crippen molar-refractivity contribution in [2.75, 3.05) is 11.7 Å². The van der Waals surface area contributed by atoms with E-state index in [-0.39, 0.29) is 0 Å². The fourth-order valence-corrected chi connectivity index (χ4v) is 3.29. The Bertz CT molecular complexity index is 575. The molecule has 0 fully saturated rings. The van der Waals surface area contributed by atoms with Crippen LogP contribution in [0.1, 0.15) is 6.92 Å². The Labute approximate surface area is 95.0 Å². The Morgan fingerprint density at radius 2 is 2.06 bits per heavy atom. The van der Waals surface area contributed by atoms with Crippen molar-refractivity contribution >= 4 is 30.2 Å². The molecular formula is C12H13N2OP. The van der Waals surface area contributed by atoms with Gasteiger partial charge in [0, 0.05) is 11.1 Å². The van der Waals surface area contributed by atoms with Gasteiger partial charge in [0.25, 0.3) is 0 Å². The predicted octanol–water partition coefficient (Wildman–Crippen LogP) is 4.16. The largest absolute Gasteiger partial charge is 0.333 e. The van der Waals surface area contributed by atoms with Gasteiger partial charge in [0.2, 0.25) is 0 Å². The lowest BCUT2D eigenvalue weighted by molar-refractivity contribution is 0.386. The fourth-order valence-electron chi connectivity index (χ4n) is 1.98. The molecule has 1 N–H and O–H groups in total. The van der Waals surface area contributed by atoms with Crippen molar-refractivity contribution in [3.8, 4) is 0 Å². The lowest BCUT2D eigenvalue weighted by atomic mass is 10.1. The zero-order valence-corrected chi connectivity index (χ0v) is 10.0. The van der Waals surface area contributed by atoms with E-state index < -0.39 is 8.09 Å². The number of nitrogens with zero attached hydrogens (tertiary/aromatic N) is 1. The van der Waals surface area contributed by atoms with Gasteiger partial charge in [-0.1, -0.05) is 24.3 Å². The molecule has 1 aliphatic rings. The first-order chi connectivity index (χ1) is 7.88. The molecule has 2 aromatic carbocycles. The Morgan fingerprint density at radius 3 is 2.88 bits per heavy atom. The molecule has 3 rings (SSSR count). The SMILES string of the molecule is CCO[PH]1=Nc2cccc3cccc(c23)N1. The number of nitrogens with one attached hydrogen (secondary N) is 1. The second-order valence-electron chi connectivity index (χ2n) is 3.66. The molecule has 1 unspecified atom stereocenters. The van der Waals surface area contributed by atoms with E-state index in [0.29, 0.717) is 6.61 Å². The first kappa shape index (κ1) is 9.88. The highest BCUT2D eigenvalue weighted by Gasteiger charge is 2.12. The molecule has 0 aliphatic carbocycles. The van der Waals surface area contributed by atoms with Gasteiger partial charge in [-0.2, -0.15) is 0 Å². The maximum absolute atomic E-state index is 5.59.